The van der Waals surface area contributed by atoms with Gasteiger partial charge in [0.15, 0.2) is 0 Å². The number of rotatable bonds is 9. The Balaban J connectivity index is 4.14. The molecule has 19 heavy (non-hydrogen) atoms. The van der Waals surface area contributed by atoms with Gasteiger partial charge in [-0.2, -0.15) is 12.6 Å². The second-order valence-corrected chi connectivity index (χ2v) is 11.3. The Kier molecular flexibility index (Phi) is 9.17. The Bertz CT molecular complexity index is 298. The molecule has 0 radical (unpaired) electrons. The van der Waals surface area contributed by atoms with Gasteiger partial charge in [0.05, 0.1) is 8.07 Å². The lowest BCUT2D eigenvalue weighted by Crippen LogP contribution is -2.51. The molecule has 0 aliphatic rings. The van der Waals surface area contributed by atoms with Crippen LogP contribution in [0.4, 0.5) is 0 Å². The van der Waals surface area contributed by atoms with E-state index < -0.39 is 14.1 Å². The minimum absolute atomic E-state index is 0.124. The van der Waals surface area contributed by atoms with Crippen molar-refractivity contribution in [2.24, 2.45) is 0 Å². The third-order valence-corrected chi connectivity index (χ3v) is 6.28. The van der Waals surface area contributed by atoms with Crippen molar-refractivity contribution in [1.29, 1.82) is 0 Å². The van der Waals surface area contributed by atoms with Crippen molar-refractivity contribution in [3.05, 3.63) is 0 Å². The smallest absolute Gasteiger partial charge is 0.243 e. The summed E-state index contributed by atoms with van der Waals surface area (Å²) in [6.45, 7) is 8.18. The average molecular weight is 305 g/mol. The fourth-order valence-corrected chi connectivity index (χ4v) is 4.12. The molecular formula is C13H28N2O2SSi. The zero-order valence-corrected chi connectivity index (χ0v) is 14.5. The summed E-state index contributed by atoms with van der Waals surface area (Å²) in [5, 5.41) is 5.57. The van der Waals surface area contributed by atoms with E-state index in [-0.39, 0.29) is 11.8 Å². The van der Waals surface area contributed by atoms with E-state index in [0.29, 0.717) is 5.75 Å². The molecule has 1 unspecified atom stereocenters. The summed E-state index contributed by atoms with van der Waals surface area (Å²) < 4.78 is 0. The number of thiol groups is 1. The number of hydrogen-bond acceptors (Lipinski definition) is 3. The van der Waals surface area contributed by atoms with Gasteiger partial charge in [-0.1, -0.05) is 45.3 Å². The highest BCUT2D eigenvalue weighted by Gasteiger charge is 2.23. The summed E-state index contributed by atoms with van der Waals surface area (Å²) in [5.41, 5.74) is 0. The van der Waals surface area contributed by atoms with Crippen LogP contribution in [0.15, 0.2) is 0 Å². The molecule has 0 heterocycles. The molecular weight excluding hydrogens is 276 g/mol. The number of hydrogen-bond donors (Lipinski definition) is 3. The Morgan fingerprint density at radius 1 is 1.26 bits per heavy atom. The number of unbranched alkanes of at least 4 members (excludes halogenated alkanes) is 2. The summed E-state index contributed by atoms with van der Waals surface area (Å²) in [7, 11) is -1.37. The van der Waals surface area contributed by atoms with Crippen LogP contribution in [0.5, 0.6) is 0 Å². The van der Waals surface area contributed by atoms with Gasteiger partial charge in [-0.05, 0) is 0 Å². The minimum Gasteiger partial charge on any atom is -0.357 e. The van der Waals surface area contributed by atoms with E-state index in [1.165, 1.54) is 32.2 Å². The van der Waals surface area contributed by atoms with Crippen LogP contribution in [-0.4, -0.2) is 37.9 Å². The van der Waals surface area contributed by atoms with E-state index in [2.05, 4.69) is 43.3 Å². The summed E-state index contributed by atoms with van der Waals surface area (Å²) in [6.07, 6.45) is 4.49. The summed E-state index contributed by atoms with van der Waals surface area (Å²) in [6, 6.07) is 0.702. The van der Waals surface area contributed by atoms with Crippen LogP contribution in [0.2, 0.25) is 19.1 Å². The molecule has 0 aromatic heterocycles. The van der Waals surface area contributed by atoms with Crippen LogP contribution < -0.4 is 10.6 Å². The average Bonchev–Trinajstić information content (AvgIpc) is 2.33. The zero-order chi connectivity index (χ0) is 14.9. The highest BCUT2D eigenvalue weighted by Crippen LogP contribution is 2.13. The molecule has 112 valence electrons. The van der Waals surface area contributed by atoms with Crippen LogP contribution in [0.1, 0.15) is 33.1 Å². The van der Waals surface area contributed by atoms with Crippen molar-refractivity contribution in [3.63, 3.8) is 0 Å². The van der Waals surface area contributed by atoms with Gasteiger partial charge in [0, 0.05) is 18.8 Å². The van der Waals surface area contributed by atoms with Crippen molar-refractivity contribution in [1.82, 2.24) is 10.6 Å². The van der Waals surface area contributed by atoms with Crippen LogP contribution in [0.25, 0.3) is 0 Å². The minimum atomic E-state index is -1.37. The molecule has 4 nitrogen and oxygen atoms in total. The maximum absolute atomic E-state index is 11.9. The van der Waals surface area contributed by atoms with Gasteiger partial charge in [-0.25, -0.2) is 0 Å². The van der Waals surface area contributed by atoms with Gasteiger partial charge >= 0.3 is 0 Å². The molecule has 0 aliphatic heterocycles. The maximum atomic E-state index is 11.9. The van der Waals surface area contributed by atoms with Crippen molar-refractivity contribution in [2.75, 3.05) is 11.9 Å². The van der Waals surface area contributed by atoms with E-state index in [9.17, 15) is 9.59 Å². The predicted octanol–water partition coefficient (Wildman–Crippen LogP) is 1.97. The van der Waals surface area contributed by atoms with E-state index >= 15 is 0 Å². The highest BCUT2D eigenvalue weighted by atomic mass is 32.1. The van der Waals surface area contributed by atoms with Crippen molar-refractivity contribution < 1.29 is 9.59 Å². The zero-order valence-electron chi connectivity index (χ0n) is 12.6. The molecule has 0 saturated heterocycles. The molecule has 2 amide bonds. The fraction of sp³-hybridized carbons (Fsp3) is 0.846. The Morgan fingerprint density at radius 2 is 1.89 bits per heavy atom. The third-order valence-electron chi connectivity index (χ3n) is 3.07. The fourth-order valence-electron chi connectivity index (χ4n) is 1.83. The van der Waals surface area contributed by atoms with Crippen molar-refractivity contribution in [3.8, 4) is 0 Å². The second-order valence-electron chi connectivity index (χ2n) is 5.77. The van der Waals surface area contributed by atoms with Gasteiger partial charge in [0.25, 0.3) is 0 Å². The molecule has 0 rings (SSSR count). The van der Waals surface area contributed by atoms with E-state index in [4.69, 9.17) is 0 Å². The Labute approximate surface area is 123 Å². The summed E-state index contributed by atoms with van der Waals surface area (Å²) in [5.74, 6) is -0.00150. The lowest BCUT2D eigenvalue weighted by Gasteiger charge is -2.24. The normalized spacial score (nSPS) is 12.9. The van der Waals surface area contributed by atoms with Crippen LogP contribution in [-0.2, 0) is 9.59 Å². The van der Waals surface area contributed by atoms with Gasteiger partial charge in [-0.15, -0.1) is 0 Å². The Morgan fingerprint density at radius 3 is 2.37 bits per heavy atom. The number of amides is 2. The van der Waals surface area contributed by atoms with Gasteiger partial charge in [0.1, 0.15) is 6.04 Å². The number of carbonyl (C=O) groups excluding carboxylic acids is 2. The first-order chi connectivity index (χ1) is 8.82. The second kappa shape index (κ2) is 9.42. The lowest BCUT2D eigenvalue weighted by molar-refractivity contribution is -0.127. The molecule has 0 fully saturated rings. The highest BCUT2D eigenvalue weighted by molar-refractivity contribution is 7.80. The molecule has 0 bridgehead atoms. The van der Waals surface area contributed by atoms with Gasteiger partial charge in [-0.3, -0.25) is 9.59 Å². The van der Waals surface area contributed by atoms with Crippen LogP contribution >= 0.6 is 12.6 Å². The first-order valence-corrected chi connectivity index (χ1v) is 11.0. The molecule has 0 saturated carbocycles. The Hall–Kier alpha value is -0.493. The third kappa shape index (κ3) is 9.10. The van der Waals surface area contributed by atoms with Gasteiger partial charge < -0.3 is 10.6 Å². The molecule has 0 spiro atoms. The largest absolute Gasteiger partial charge is 0.357 e. The predicted molar refractivity (Wildman–Crippen MR) is 86.3 cm³/mol. The first-order valence-electron chi connectivity index (χ1n) is 6.98. The topological polar surface area (TPSA) is 58.2 Å². The van der Waals surface area contributed by atoms with Crippen molar-refractivity contribution >= 4 is 32.5 Å². The summed E-state index contributed by atoms with van der Waals surface area (Å²) >= 11 is 4.10. The quantitative estimate of drug-likeness (QED) is 0.346. The maximum Gasteiger partial charge on any atom is 0.243 e. The number of carbonyl (C=O) groups is 2. The standard InChI is InChI=1S/C13H28N2O2SSi/c1-5-6-7-8-19(3,4)10-14-13(17)12(9-18)15-11(2)16/h12,18H,5-10H2,1-4H3,(H,14,17)(H,15,16). The molecule has 0 aliphatic carbocycles. The molecule has 0 aromatic rings. The molecule has 6 heteroatoms. The van der Waals surface area contributed by atoms with Crippen LogP contribution in [0, 0.1) is 0 Å². The van der Waals surface area contributed by atoms with Crippen molar-refractivity contribution in [2.45, 2.75) is 58.3 Å². The molecule has 2 N–H and O–H groups in total. The van der Waals surface area contributed by atoms with E-state index in [1.807, 2.05) is 0 Å². The first kappa shape index (κ1) is 18.5. The van der Waals surface area contributed by atoms with E-state index in [0.717, 1.165) is 6.17 Å². The SMILES string of the molecule is CCCCC[Si](C)(C)CNC(=O)C(CS)NC(C)=O. The monoisotopic (exact) mass is 304 g/mol. The number of nitrogens with one attached hydrogen (secondary N) is 2. The lowest BCUT2D eigenvalue weighted by atomic mass is 10.3. The molecule has 1 atom stereocenters. The summed E-state index contributed by atoms with van der Waals surface area (Å²) in [4.78, 5) is 22.9. The van der Waals surface area contributed by atoms with Crippen LogP contribution in [0.3, 0.4) is 0 Å². The van der Waals surface area contributed by atoms with E-state index in [1.54, 1.807) is 0 Å². The van der Waals surface area contributed by atoms with Gasteiger partial charge in [0.2, 0.25) is 11.8 Å². The molecule has 0 aromatic carbocycles.